The lowest BCUT2D eigenvalue weighted by atomic mass is 10.1. The highest BCUT2D eigenvalue weighted by Crippen LogP contribution is 2.15. The van der Waals surface area contributed by atoms with E-state index in [4.69, 9.17) is 4.74 Å². The molecule has 2 aromatic rings. The van der Waals surface area contributed by atoms with E-state index in [0.29, 0.717) is 26.2 Å². The maximum absolute atomic E-state index is 12.6. The number of hydrogen-bond donors (Lipinski definition) is 2. The van der Waals surface area contributed by atoms with Crippen LogP contribution in [0.1, 0.15) is 15.9 Å². The van der Waals surface area contributed by atoms with E-state index >= 15 is 0 Å². The van der Waals surface area contributed by atoms with E-state index in [-0.39, 0.29) is 18.0 Å². The van der Waals surface area contributed by atoms with Gasteiger partial charge in [-0.05, 0) is 25.6 Å². The van der Waals surface area contributed by atoms with Crippen LogP contribution >= 0.6 is 0 Å². The second-order valence-corrected chi connectivity index (χ2v) is 6.95. The molecule has 0 bridgehead atoms. The number of hydrogen-bond acceptors (Lipinski definition) is 6. The minimum atomic E-state index is -0.498. The van der Waals surface area contributed by atoms with E-state index < -0.39 is 17.5 Å². The quantitative estimate of drug-likeness (QED) is 0.664. The molecule has 0 spiro atoms. The minimum absolute atomic E-state index is 0.0251. The van der Waals surface area contributed by atoms with E-state index in [9.17, 15) is 14.4 Å². The molecule has 0 aliphatic carbocycles. The standard InChI is InChI=1S/C20H25N5O4/c1-14-5-3-4-6-17(14)29-10-7-22-19(27)16-12-25(9-8-24(16)2)20(28)15-11-21-13-23-18(15)26/h3-6,11,13,16H,7-10,12H2,1-2H3,(H,22,27)(H,21,23,26). The summed E-state index contributed by atoms with van der Waals surface area (Å²) in [5.74, 6) is 0.182. The Morgan fingerprint density at radius 3 is 2.86 bits per heavy atom. The fraction of sp³-hybridized carbons (Fsp3) is 0.400. The normalized spacial score (nSPS) is 17.0. The van der Waals surface area contributed by atoms with Crippen molar-refractivity contribution in [2.24, 2.45) is 0 Å². The van der Waals surface area contributed by atoms with E-state index in [1.165, 1.54) is 17.4 Å². The first-order valence-corrected chi connectivity index (χ1v) is 9.45. The largest absolute Gasteiger partial charge is 0.491 e. The van der Waals surface area contributed by atoms with Gasteiger partial charge in [0.15, 0.2) is 0 Å². The molecule has 154 valence electrons. The molecule has 1 unspecified atom stereocenters. The molecule has 9 heteroatoms. The van der Waals surface area contributed by atoms with Crippen LogP contribution in [0.2, 0.25) is 0 Å². The average molecular weight is 399 g/mol. The summed E-state index contributed by atoms with van der Waals surface area (Å²) in [7, 11) is 1.84. The van der Waals surface area contributed by atoms with Crippen molar-refractivity contribution in [3.8, 4) is 5.75 Å². The van der Waals surface area contributed by atoms with Crippen molar-refractivity contribution in [2.45, 2.75) is 13.0 Å². The lowest BCUT2D eigenvalue weighted by Gasteiger charge is -2.38. The van der Waals surface area contributed by atoms with Gasteiger partial charge < -0.3 is 19.9 Å². The van der Waals surface area contributed by atoms with Crippen LogP contribution in [0.3, 0.4) is 0 Å². The predicted molar refractivity (Wildman–Crippen MR) is 107 cm³/mol. The number of benzene rings is 1. The van der Waals surface area contributed by atoms with Crippen LogP contribution in [-0.4, -0.2) is 77.5 Å². The minimum Gasteiger partial charge on any atom is -0.491 e. The fourth-order valence-corrected chi connectivity index (χ4v) is 3.18. The molecule has 2 amide bonds. The third kappa shape index (κ3) is 5.00. The van der Waals surface area contributed by atoms with Gasteiger partial charge in [0.25, 0.3) is 11.5 Å². The molecule has 2 N–H and O–H groups in total. The first-order chi connectivity index (χ1) is 14.0. The molecular formula is C20H25N5O4. The summed E-state index contributed by atoms with van der Waals surface area (Å²) in [5, 5.41) is 2.86. The van der Waals surface area contributed by atoms with Crippen molar-refractivity contribution in [1.29, 1.82) is 0 Å². The van der Waals surface area contributed by atoms with Crippen molar-refractivity contribution in [3.05, 3.63) is 58.3 Å². The van der Waals surface area contributed by atoms with Gasteiger partial charge in [0.05, 0.1) is 12.9 Å². The number of ether oxygens (including phenoxy) is 1. The van der Waals surface area contributed by atoms with Gasteiger partial charge in [-0.25, -0.2) is 4.98 Å². The fourth-order valence-electron chi connectivity index (χ4n) is 3.18. The van der Waals surface area contributed by atoms with Crippen molar-refractivity contribution in [2.75, 3.05) is 39.8 Å². The predicted octanol–water partition coefficient (Wildman–Crippen LogP) is 0.0297. The molecule has 1 aliphatic rings. The first kappa shape index (κ1) is 20.5. The highest BCUT2D eigenvalue weighted by atomic mass is 16.5. The number of likely N-dealkylation sites (N-methyl/N-ethyl adjacent to an activating group) is 1. The van der Waals surface area contributed by atoms with Crippen LogP contribution in [-0.2, 0) is 4.79 Å². The van der Waals surface area contributed by atoms with E-state index in [0.717, 1.165) is 11.3 Å². The van der Waals surface area contributed by atoms with E-state index in [2.05, 4.69) is 15.3 Å². The second-order valence-electron chi connectivity index (χ2n) is 6.95. The summed E-state index contributed by atoms with van der Waals surface area (Å²) in [4.78, 5) is 46.7. The summed E-state index contributed by atoms with van der Waals surface area (Å²) in [5.41, 5.74) is 0.520. The first-order valence-electron chi connectivity index (χ1n) is 9.45. The Morgan fingerprint density at radius 1 is 1.31 bits per heavy atom. The summed E-state index contributed by atoms with van der Waals surface area (Å²) in [6.45, 7) is 3.83. The summed E-state index contributed by atoms with van der Waals surface area (Å²) in [6, 6.07) is 7.19. The van der Waals surface area contributed by atoms with Gasteiger partial charge in [0.1, 0.15) is 24.0 Å². The van der Waals surface area contributed by atoms with Gasteiger partial charge in [-0.3, -0.25) is 19.3 Å². The molecule has 1 aromatic carbocycles. The molecule has 1 saturated heterocycles. The van der Waals surface area contributed by atoms with Crippen molar-refractivity contribution in [3.63, 3.8) is 0 Å². The van der Waals surface area contributed by atoms with Crippen molar-refractivity contribution in [1.82, 2.24) is 25.1 Å². The molecule has 1 aromatic heterocycles. The Kier molecular flexibility index (Phi) is 6.61. The number of aromatic nitrogens is 2. The topological polar surface area (TPSA) is 108 Å². The summed E-state index contributed by atoms with van der Waals surface area (Å²) >= 11 is 0. The third-order valence-corrected chi connectivity index (χ3v) is 4.94. The van der Waals surface area contributed by atoms with Crippen LogP contribution < -0.4 is 15.6 Å². The Labute approximate surface area is 168 Å². The number of aryl methyl sites for hydroxylation is 1. The number of nitrogens with one attached hydrogen (secondary N) is 2. The maximum Gasteiger partial charge on any atom is 0.263 e. The van der Waals surface area contributed by atoms with Crippen LogP contribution in [0.15, 0.2) is 41.6 Å². The average Bonchev–Trinajstić information content (AvgIpc) is 2.72. The van der Waals surface area contributed by atoms with Gasteiger partial charge in [0.2, 0.25) is 5.91 Å². The molecule has 1 atom stereocenters. The van der Waals surface area contributed by atoms with Gasteiger partial charge in [-0.15, -0.1) is 0 Å². The highest BCUT2D eigenvalue weighted by molar-refractivity contribution is 5.94. The van der Waals surface area contributed by atoms with Crippen molar-refractivity contribution < 1.29 is 14.3 Å². The van der Waals surface area contributed by atoms with Crippen molar-refractivity contribution >= 4 is 11.8 Å². The number of piperazine rings is 1. The van der Waals surface area contributed by atoms with Gasteiger partial charge in [-0.2, -0.15) is 0 Å². The number of amides is 2. The Balaban J connectivity index is 1.54. The molecule has 0 saturated carbocycles. The third-order valence-electron chi connectivity index (χ3n) is 4.94. The monoisotopic (exact) mass is 399 g/mol. The number of carbonyl (C=O) groups excluding carboxylic acids is 2. The summed E-state index contributed by atoms with van der Waals surface area (Å²) < 4.78 is 5.69. The molecule has 0 radical (unpaired) electrons. The molecule has 9 nitrogen and oxygen atoms in total. The maximum atomic E-state index is 12.6. The Bertz CT molecular complexity index is 929. The second kappa shape index (κ2) is 9.33. The number of aromatic amines is 1. The van der Waals surface area contributed by atoms with Gasteiger partial charge >= 0.3 is 0 Å². The van der Waals surface area contributed by atoms with Gasteiger partial charge in [0, 0.05) is 25.8 Å². The molecule has 1 fully saturated rings. The van der Waals surface area contributed by atoms with E-state index in [1.54, 1.807) is 0 Å². The Morgan fingerprint density at radius 2 is 2.10 bits per heavy atom. The summed E-state index contributed by atoms with van der Waals surface area (Å²) in [6.07, 6.45) is 2.48. The number of para-hydroxylation sites is 1. The van der Waals surface area contributed by atoms with Crippen LogP contribution in [0, 0.1) is 6.92 Å². The number of nitrogens with zero attached hydrogens (tertiary/aromatic N) is 3. The zero-order chi connectivity index (χ0) is 20.8. The molecular weight excluding hydrogens is 374 g/mol. The molecule has 29 heavy (non-hydrogen) atoms. The van der Waals surface area contributed by atoms with Gasteiger partial charge in [-0.1, -0.05) is 18.2 Å². The number of H-pyrrole nitrogens is 1. The highest BCUT2D eigenvalue weighted by Gasteiger charge is 2.33. The lowest BCUT2D eigenvalue weighted by molar-refractivity contribution is -0.127. The Hall–Kier alpha value is -3.20. The molecule has 3 rings (SSSR count). The SMILES string of the molecule is Cc1ccccc1OCCNC(=O)C1CN(C(=O)c2cnc[nH]c2=O)CCN1C. The number of rotatable bonds is 6. The molecule has 1 aliphatic heterocycles. The zero-order valence-electron chi connectivity index (χ0n) is 16.6. The van der Waals surface area contributed by atoms with E-state index in [1.807, 2.05) is 43.1 Å². The number of carbonyl (C=O) groups is 2. The van der Waals surface area contributed by atoms with Crippen LogP contribution in [0.4, 0.5) is 0 Å². The van der Waals surface area contributed by atoms with Crippen LogP contribution in [0.25, 0.3) is 0 Å². The smallest absolute Gasteiger partial charge is 0.263 e. The lowest BCUT2D eigenvalue weighted by Crippen LogP contribution is -2.59. The molecule has 2 heterocycles. The van der Waals surface area contributed by atoms with Crippen LogP contribution in [0.5, 0.6) is 5.75 Å². The zero-order valence-corrected chi connectivity index (χ0v) is 16.6.